The van der Waals surface area contributed by atoms with Gasteiger partial charge in [-0.05, 0) is 52.4 Å². The lowest BCUT2D eigenvalue weighted by atomic mass is 10.1. The van der Waals surface area contributed by atoms with Crippen molar-refractivity contribution >= 4 is 34.4 Å². The van der Waals surface area contributed by atoms with Crippen LogP contribution in [0.15, 0.2) is 36.4 Å². The van der Waals surface area contributed by atoms with E-state index in [9.17, 15) is 14.7 Å². The molecule has 0 aliphatic heterocycles. The normalized spacial score (nSPS) is 11.3. The molecule has 0 heterocycles. The van der Waals surface area contributed by atoms with Gasteiger partial charge in [-0.2, -0.15) is 0 Å². The number of rotatable bonds is 9. The molecule has 9 heteroatoms. The largest absolute Gasteiger partial charge is 0.493 e. The van der Waals surface area contributed by atoms with E-state index in [1.54, 1.807) is 0 Å². The molecule has 2 aromatic carbocycles. The van der Waals surface area contributed by atoms with Crippen molar-refractivity contribution in [1.29, 1.82) is 0 Å². The van der Waals surface area contributed by atoms with Crippen LogP contribution in [0.25, 0.3) is 0 Å². The summed E-state index contributed by atoms with van der Waals surface area (Å²) < 4.78 is 16.7. The second-order valence-electron chi connectivity index (χ2n) is 5.97. The monoisotopic (exact) mass is 514 g/mol. The summed E-state index contributed by atoms with van der Waals surface area (Å²) in [6.07, 6.45) is 0. The molecule has 2 rings (SSSR count). The van der Waals surface area contributed by atoms with Crippen molar-refractivity contribution in [3.8, 4) is 17.2 Å². The molecule has 8 nitrogen and oxygen atoms in total. The van der Waals surface area contributed by atoms with Crippen LogP contribution in [-0.4, -0.2) is 50.9 Å². The number of amides is 2. The Bertz CT molecular complexity index is 849. The van der Waals surface area contributed by atoms with E-state index < -0.39 is 24.5 Å². The Morgan fingerprint density at radius 2 is 1.72 bits per heavy atom. The van der Waals surface area contributed by atoms with E-state index in [1.165, 1.54) is 33.5 Å². The maximum Gasteiger partial charge on any atom is 0.252 e. The molecule has 0 aliphatic carbocycles. The van der Waals surface area contributed by atoms with Crippen molar-refractivity contribution in [3.63, 3.8) is 0 Å². The lowest BCUT2D eigenvalue weighted by Crippen LogP contribution is -2.48. The second kappa shape index (κ2) is 10.9. The van der Waals surface area contributed by atoms with E-state index >= 15 is 0 Å². The molecule has 0 saturated heterocycles. The summed E-state index contributed by atoms with van der Waals surface area (Å²) in [5.74, 6) is -0.0956. The van der Waals surface area contributed by atoms with E-state index in [-0.39, 0.29) is 12.1 Å². The van der Waals surface area contributed by atoms with Crippen LogP contribution in [0.3, 0.4) is 0 Å². The van der Waals surface area contributed by atoms with Crippen LogP contribution in [-0.2, 0) is 11.3 Å². The summed E-state index contributed by atoms with van der Waals surface area (Å²) in [6, 6.07) is 9.47. The van der Waals surface area contributed by atoms with E-state index in [0.29, 0.717) is 17.2 Å². The number of carbonyl (C=O) groups excluding carboxylic acids is 2. The van der Waals surface area contributed by atoms with Gasteiger partial charge in [0.15, 0.2) is 11.5 Å². The highest BCUT2D eigenvalue weighted by Gasteiger charge is 2.23. The van der Waals surface area contributed by atoms with Crippen LogP contribution in [0, 0.1) is 3.57 Å². The fourth-order valence-corrected chi connectivity index (χ4v) is 3.21. The van der Waals surface area contributed by atoms with Crippen molar-refractivity contribution in [2.24, 2.45) is 0 Å². The highest BCUT2D eigenvalue weighted by atomic mass is 127. The van der Waals surface area contributed by atoms with Gasteiger partial charge < -0.3 is 30.0 Å². The Morgan fingerprint density at radius 1 is 1.07 bits per heavy atom. The third-order valence-electron chi connectivity index (χ3n) is 4.09. The van der Waals surface area contributed by atoms with Gasteiger partial charge in [0, 0.05) is 15.7 Å². The van der Waals surface area contributed by atoms with Gasteiger partial charge in [0.25, 0.3) is 5.91 Å². The van der Waals surface area contributed by atoms with Crippen LogP contribution < -0.4 is 24.8 Å². The average Bonchev–Trinajstić information content (AvgIpc) is 2.74. The van der Waals surface area contributed by atoms with Gasteiger partial charge in [-0.25, -0.2) is 0 Å². The van der Waals surface area contributed by atoms with Crippen molar-refractivity contribution < 1.29 is 28.9 Å². The van der Waals surface area contributed by atoms with Gasteiger partial charge in [0.2, 0.25) is 11.7 Å². The van der Waals surface area contributed by atoms with Gasteiger partial charge in [-0.1, -0.05) is 12.1 Å². The highest BCUT2D eigenvalue weighted by Crippen LogP contribution is 2.38. The van der Waals surface area contributed by atoms with Gasteiger partial charge >= 0.3 is 0 Å². The predicted octanol–water partition coefficient (Wildman–Crippen LogP) is 1.72. The maximum atomic E-state index is 12.6. The minimum Gasteiger partial charge on any atom is -0.493 e. The van der Waals surface area contributed by atoms with E-state index in [2.05, 4.69) is 33.2 Å². The van der Waals surface area contributed by atoms with Crippen molar-refractivity contribution in [2.45, 2.75) is 12.6 Å². The first kappa shape index (κ1) is 22.8. The standard InChI is InChI=1S/C20H23IN2O6/c1-27-16-8-13(9-17(28-2)18(16)29-3)19(25)23-15(11-24)20(26)22-10-12-5-4-6-14(21)7-12/h4-9,15,24H,10-11H2,1-3H3,(H,22,26)(H,23,25)/t15-/m0/s1. The Kier molecular flexibility index (Phi) is 8.52. The van der Waals surface area contributed by atoms with E-state index in [1.807, 2.05) is 24.3 Å². The molecule has 0 fully saturated rings. The third-order valence-corrected chi connectivity index (χ3v) is 4.76. The molecule has 0 aromatic heterocycles. The highest BCUT2D eigenvalue weighted by molar-refractivity contribution is 14.1. The summed E-state index contributed by atoms with van der Waals surface area (Å²) in [6.45, 7) is -0.263. The van der Waals surface area contributed by atoms with Crippen molar-refractivity contribution in [2.75, 3.05) is 27.9 Å². The first-order valence-electron chi connectivity index (χ1n) is 8.67. The number of halogens is 1. The number of aliphatic hydroxyl groups excluding tert-OH is 1. The second-order valence-corrected chi connectivity index (χ2v) is 7.22. The quantitative estimate of drug-likeness (QED) is 0.441. The first-order chi connectivity index (χ1) is 13.9. The van der Waals surface area contributed by atoms with Crippen LogP contribution >= 0.6 is 22.6 Å². The van der Waals surface area contributed by atoms with Crippen LogP contribution in [0.1, 0.15) is 15.9 Å². The summed E-state index contributed by atoms with van der Waals surface area (Å²) in [4.78, 5) is 25.0. The first-order valence-corrected chi connectivity index (χ1v) is 9.75. The minimum absolute atomic E-state index is 0.198. The number of carbonyl (C=O) groups is 2. The number of ether oxygens (including phenoxy) is 3. The molecule has 0 saturated carbocycles. The van der Waals surface area contributed by atoms with Crippen molar-refractivity contribution in [3.05, 3.63) is 51.1 Å². The van der Waals surface area contributed by atoms with E-state index in [4.69, 9.17) is 14.2 Å². The molecule has 156 valence electrons. The number of hydrogen-bond acceptors (Lipinski definition) is 6. The third kappa shape index (κ3) is 5.97. The minimum atomic E-state index is -1.11. The van der Waals surface area contributed by atoms with Gasteiger partial charge in [0.1, 0.15) is 6.04 Å². The lowest BCUT2D eigenvalue weighted by Gasteiger charge is -2.18. The zero-order valence-corrected chi connectivity index (χ0v) is 18.5. The molecule has 0 spiro atoms. The molecule has 0 radical (unpaired) electrons. The molecular weight excluding hydrogens is 491 g/mol. The van der Waals surface area contributed by atoms with Crippen LogP contribution in [0.5, 0.6) is 17.2 Å². The fourth-order valence-electron chi connectivity index (χ4n) is 2.61. The molecule has 2 amide bonds. The van der Waals surface area contributed by atoms with Gasteiger partial charge in [-0.3, -0.25) is 9.59 Å². The predicted molar refractivity (Wildman–Crippen MR) is 115 cm³/mol. The maximum absolute atomic E-state index is 12.6. The number of methoxy groups -OCH3 is 3. The zero-order valence-electron chi connectivity index (χ0n) is 16.3. The Hall–Kier alpha value is -2.53. The van der Waals surface area contributed by atoms with Gasteiger partial charge in [-0.15, -0.1) is 0 Å². The number of hydrogen-bond donors (Lipinski definition) is 3. The Morgan fingerprint density at radius 3 is 2.24 bits per heavy atom. The number of benzene rings is 2. The van der Waals surface area contributed by atoms with Crippen LogP contribution in [0.4, 0.5) is 0 Å². The average molecular weight is 514 g/mol. The zero-order chi connectivity index (χ0) is 21.4. The number of nitrogens with one attached hydrogen (secondary N) is 2. The molecule has 29 heavy (non-hydrogen) atoms. The van der Waals surface area contributed by atoms with E-state index in [0.717, 1.165) is 9.13 Å². The fraction of sp³-hybridized carbons (Fsp3) is 0.300. The SMILES string of the molecule is COc1cc(C(=O)N[C@@H](CO)C(=O)NCc2cccc(I)c2)cc(OC)c1OC. The molecule has 0 aliphatic rings. The molecule has 0 unspecified atom stereocenters. The smallest absolute Gasteiger partial charge is 0.252 e. The summed E-state index contributed by atoms with van der Waals surface area (Å²) in [7, 11) is 4.33. The van der Waals surface area contributed by atoms with Crippen LogP contribution in [0.2, 0.25) is 0 Å². The molecule has 2 aromatic rings. The molecule has 1 atom stereocenters. The number of aliphatic hydroxyl groups is 1. The Balaban J connectivity index is 2.09. The summed E-state index contributed by atoms with van der Waals surface area (Å²) >= 11 is 2.18. The molecule has 0 bridgehead atoms. The lowest BCUT2D eigenvalue weighted by molar-refractivity contribution is -0.124. The molecule has 3 N–H and O–H groups in total. The van der Waals surface area contributed by atoms with Gasteiger partial charge in [0.05, 0.1) is 27.9 Å². The Labute approximate surface area is 182 Å². The topological polar surface area (TPSA) is 106 Å². The molecular formula is C20H23IN2O6. The summed E-state index contributed by atoms with van der Waals surface area (Å²) in [5, 5.41) is 14.8. The summed E-state index contributed by atoms with van der Waals surface area (Å²) in [5.41, 5.74) is 1.11. The van der Waals surface area contributed by atoms with Crippen molar-refractivity contribution in [1.82, 2.24) is 10.6 Å².